The van der Waals surface area contributed by atoms with E-state index in [1.807, 2.05) is 13.8 Å². The summed E-state index contributed by atoms with van der Waals surface area (Å²) in [6, 6.07) is 0. The molecule has 0 aliphatic heterocycles. The first-order valence-corrected chi connectivity index (χ1v) is 6.40. The molecule has 0 bridgehead atoms. The zero-order chi connectivity index (χ0) is 10.3. The maximum atomic E-state index is 5.72. The fraction of sp³-hybridized carbons (Fsp3) is 1.00. The largest absolute Gasteiger partial charge is 0.330 e. The van der Waals surface area contributed by atoms with Gasteiger partial charge in [-0.15, -0.1) is 9.24 Å². The van der Waals surface area contributed by atoms with E-state index in [1.54, 1.807) is 0 Å². The molecule has 0 aromatic carbocycles. The molecule has 4 atom stereocenters. The van der Waals surface area contributed by atoms with Crippen LogP contribution in [0.2, 0.25) is 0 Å². The average Bonchev–Trinajstić information content (AvgIpc) is 2.20. The highest BCUT2D eigenvalue weighted by Crippen LogP contribution is 2.34. The number of rotatable bonds is 2. The zero-order valence-corrected chi connectivity index (χ0v) is 10.6. The summed E-state index contributed by atoms with van der Waals surface area (Å²) in [7, 11) is 2.94. The molecule has 0 spiro atoms. The Morgan fingerprint density at radius 3 is 2.31 bits per heavy atom. The molecule has 80 valence electrons. The predicted octanol–water partition coefficient (Wildman–Crippen LogP) is 3.04. The van der Waals surface area contributed by atoms with E-state index < -0.39 is 0 Å². The van der Waals surface area contributed by atoms with E-state index in [2.05, 4.69) is 16.2 Å². The van der Waals surface area contributed by atoms with E-state index in [4.69, 9.17) is 5.73 Å². The van der Waals surface area contributed by atoms with Gasteiger partial charge in [0, 0.05) is 0 Å². The van der Waals surface area contributed by atoms with E-state index in [0.717, 1.165) is 24.0 Å². The molecular weight excluding hydrogens is 177 g/mol. The quantitative estimate of drug-likeness (QED) is 0.686. The summed E-state index contributed by atoms with van der Waals surface area (Å²) in [5.74, 6) is 1.72. The lowest BCUT2D eigenvalue weighted by atomic mass is 9.78. The third-order valence-electron chi connectivity index (χ3n) is 3.01. The summed E-state index contributed by atoms with van der Waals surface area (Å²) in [5, 5.41) is 0. The molecule has 0 heterocycles. The second-order valence-corrected chi connectivity index (χ2v) is 4.68. The third kappa shape index (κ3) is 4.42. The van der Waals surface area contributed by atoms with Crippen molar-refractivity contribution in [2.45, 2.75) is 52.1 Å². The van der Waals surface area contributed by atoms with Crippen LogP contribution in [0, 0.1) is 11.8 Å². The maximum Gasteiger partial charge on any atom is -0.00460 e. The molecule has 0 aromatic heterocycles. The zero-order valence-electron chi connectivity index (χ0n) is 9.42. The van der Waals surface area contributed by atoms with E-state index in [-0.39, 0.29) is 0 Å². The minimum atomic E-state index is 0.802. The van der Waals surface area contributed by atoms with Crippen molar-refractivity contribution in [3.8, 4) is 0 Å². The Kier molecular flexibility index (Phi) is 8.00. The van der Waals surface area contributed by atoms with Gasteiger partial charge in [-0.1, -0.05) is 27.2 Å². The Hall–Kier alpha value is 0.390. The monoisotopic (exact) mass is 203 g/mol. The Bertz CT molecular complexity index is 117. The summed E-state index contributed by atoms with van der Waals surface area (Å²) in [5.41, 5.74) is 6.56. The molecule has 2 N–H and O–H groups in total. The van der Waals surface area contributed by atoms with Gasteiger partial charge >= 0.3 is 0 Å². The van der Waals surface area contributed by atoms with Gasteiger partial charge in [0.1, 0.15) is 0 Å². The highest BCUT2D eigenvalue weighted by molar-refractivity contribution is 7.17. The Morgan fingerprint density at radius 2 is 1.85 bits per heavy atom. The molecule has 0 amide bonds. The molecule has 1 fully saturated rings. The van der Waals surface area contributed by atoms with E-state index in [0.29, 0.717) is 0 Å². The standard InChI is InChI=1S/C9H20NP.C2H6/c1-2-7-3-4-9(11)5-8(7)6-10;1-2/h7-9H,2-6,10-11H2,1H3;1-2H3. The molecule has 4 unspecified atom stereocenters. The minimum absolute atomic E-state index is 0.802. The normalized spacial score (nSPS) is 33.5. The number of hydrogen-bond donors (Lipinski definition) is 1. The molecular formula is C11H26NP. The van der Waals surface area contributed by atoms with Crippen molar-refractivity contribution < 1.29 is 0 Å². The average molecular weight is 203 g/mol. The summed E-state index contributed by atoms with van der Waals surface area (Å²) < 4.78 is 0. The first-order chi connectivity index (χ1) is 6.27. The van der Waals surface area contributed by atoms with Gasteiger partial charge < -0.3 is 5.73 Å². The van der Waals surface area contributed by atoms with Crippen molar-refractivity contribution >= 4 is 9.24 Å². The smallest absolute Gasteiger partial charge is 0.00460 e. The van der Waals surface area contributed by atoms with Crippen LogP contribution in [0.4, 0.5) is 0 Å². The van der Waals surface area contributed by atoms with Crippen molar-refractivity contribution in [3.63, 3.8) is 0 Å². The van der Waals surface area contributed by atoms with E-state index in [9.17, 15) is 0 Å². The highest BCUT2D eigenvalue weighted by atomic mass is 31.0. The molecule has 13 heavy (non-hydrogen) atoms. The van der Waals surface area contributed by atoms with Crippen LogP contribution in [-0.4, -0.2) is 12.2 Å². The minimum Gasteiger partial charge on any atom is -0.330 e. The Labute approximate surface area is 86.1 Å². The summed E-state index contributed by atoms with van der Waals surface area (Å²) in [6.45, 7) is 7.18. The van der Waals surface area contributed by atoms with Gasteiger partial charge in [0.15, 0.2) is 0 Å². The SMILES string of the molecule is CC.CCC1CCC(P)CC1CN. The highest BCUT2D eigenvalue weighted by Gasteiger charge is 2.25. The van der Waals surface area contributed by atoms with Crippen LogP contribution in [0.25, 0.3) is 0 Å². The molecule has 0 saturated heterocycles. The molecule has 0 radical (unpaired) electrons. The number of hydrogen-bond acceptors (Lipinski definition) is 1. The van der Waals surface area contributed by atoms with Crippen LogP contribution in [0.3, 0.4) is 0 Å². The van der Waals surface area contributed by atoms with Crippen molar-refractivity contribution in [3.05, 3.63) is 0 Å². The second kappa shape index (κ2) is 7.76. The molecule has 1 rings (SSSR count). The molecule has 1 saturated carbocycles. The first-order valence-electron chi connectivity index (χ1n) is 5.73. The van der Waals surface area contributed by atoms with Gasteiger partial charge in [-0.3, -0.25) is 0 Å². The van der Waals surface area contributed by atoms with Crippen molar-refractivity contribution in [1.29, 1.82) is 0 Å². The van der Waals surface area contributed by atoms with Gasteiger partial charge in [0.05, 0.1) is 0 Å². The lowest BCUT2D eigenvalue weighted by Gasteiger charge is -2.33. The van der Waals surface area contributed by atoms with Crippen LogP contribution in [0.1, 0.15) is 46.5 Å². The van der Waals surface area contributed by atoms with E-state index >= 15 is 0 Å². The van der Waals surface area contributed by atoms with Crippen molar-refractivity contribution in [1.82, 2.24) is 0 Å². The van der Waals surface area contributed by atoms with Crippen LogP contribution in [-0.2, 0) is 0 Å². The second-order valence-electron chi connectivity index (χ2n) is 3.74. The lowest BCUT2D eigenvalue weighted by Crippen LogP contribution is -2.30. The molecule has 2 heteroatoms. The van der Waals surface area contributed by atoms with Crippen molar-refractivity contribution in [2.24, 2.45) is 17.6 Å². The lowest BCUT2D eigenvalue weighted by molar-refractivity contribution is 0.242. The molecule has 1 nitrogen and oxygen atoms in total. The van der Waals surface area contributed by atoms with Crippen LogP contribution in [0.15, 0.2) is 0 Å². The third-order valence-corrected chi connectivity index (χ3v) is 3.61. The van der Waals surface area contributed by atoms with Crippen LogP contribution in [0.5, 0.6) is 0 Å². The predicted molar refractivity (Wildman–Crippen MR) is 65.0 cm³/mol. The topological polar surface area (TPSA) is 26.0 Å². The fourth-order valence-corrected chi connectivity index (χ4v) is 2.73. The van der Waals surface area contributed by atoms with Gasteiger partial charge in [-0.05, 0) is 43.3 Å². The number of nitrogens with two attached hydrogens (primary N) is 1. The van der Waals surface area contributed by atoms with Gasteiger partial charge in [-0.2, -0.15) is 0 Å². The summed E-state index contributed by atoms with van der Waals surface area (Å²) >= 11 is 0. The molecule has 0 aromatic rings. The van der Waals surface area contributed by atoms with Gasteiger partial charge in [0.2, 0.25) is 0 Å². The first kappa shape index (κ1) is 13.4. The summed E-state index contributed by atoms with van der Waals surface area (Å²) in [6.07, 6.45) is 5.44. The molecule has 1 aliphatic rings. The Balaban J connectivity index is 0.000000671. The van der Waals surface area contributed by atoms with E-state index in [1.165, 1.54) is 25.7 Å². The van der Waals surface area contributed by atoms with Crippen LogP contribution < -0.4 is 5.73 Å². The summed E-state index contributed by atoms with van der Waals surface area (Å²) in [4.78, 5) is 0. The van der Waals surface area contributed by atoms with Crippen molar-refractivity contribution in [2.75, 3.05) is 6.54 Å². The maximum absolute atomic E-state index is 5.72. The van der Waals surface area contributed by atoms with Gasteiger partial charge in [0.25, 0.3) is 0 Å². The Morgan fingerprint density at radius 1 is 1.23 bits per heavy atom. The van der Waals surface area contributed by atoms with Gasteiger partial charge in [-0.25, -0.2) is 0 Å². The molecule has 1 aliphatic carbocycles. The fourth-order valence-electron chi connectivity index (χ4n) is 2.19. The van der Waals surface area contributed by atoms with Crippen LogP contribution >= 0.6 is 9.24 Å².